The maximum Gasteiger partial charge on any atom is 0.253 e. The lowest BCUT2D eigenvalue weighted by Gasteiger charge is -2.44. The van der Waals surface area contributed by atoms with Gasteiger partial charge in [-0.15, -0.1) is 0 Å². The molecule has 0 saturated carbocycles. The predicted octanol–water partition coefficient (Wildman–Crippen LogP) is 5.12. The zero-order valence-corrected chi connectivity index (χ0v) is 17.1. The fourth-order valence-corrected chi connectivity index (χ4v) is 4.34. The number of rotatable bonds is 3. The van der Waals surface area contributed by atoms with Crippen molar-refractivity contribution in [1.82, 2.24) is 4.90 Å². The number of ketones is 1. The molecule has 5 rings (SSSR count). The van der Waals surface area contributed by atoms with Gasteiger partial charge in [0.15, 0.2) is 5.78 Å². The van der Waals surface area contributed by atoms with Gasteiger partial charge in [-0.2, -0.15) is 0 Å². The number of likely N-dealkylation sites (tertiary alicyclic amines) is 1. The Hall–Kier alpha value is -3.60. The van der Waals surface area contributed by atoms with Crippen LogP contribution in [0, 0.1) is 0 Å². The molecule has 3 aromatic carbocycles. The van der Waals surface area contributed by atoms with Crippen molar-refractivity contribution in [2.45, 2.75) is 24.9 Å². The first-order chi connectivity index (χ1) is 15.1. The number of carbonyl (C=O) groups is 2. The van der Waals surface area contributed by atoms with Crippen molar-refractivity contribution in [2.24, 2.45) is 0 Å². The molecule has 156 valence electrons. The summed E-state index contributed by atoms with van der Waals surface area (Å²) in [5.41, 5.74) is 0.734. The molecule has 5 nitrogen and oxygen atoms in total. The topological polar surface area (TPSA) is 55.8 Å². The quantitative estimate of drug-likeness (QED) is 0.598. The van der Waals surface area contributed by atoms with E-state index in [9.17, 15) is 9.59 Å². The molecule has 31 heavy (non-hydrogen) atoms. The van der Waals surface area contributed by atoms with Gasteiger partial charge >= 0.3 is 0 Å². The molecule has 2 heterocycles. The van der Waals surface area contributed by atoms with Crippen LogP contribution in [0.4, 0.5) is 0 Å². The van der Waals surface area contributed by atoms with Crippen LogP contribution in [0.5, 0.6) is 17.2 Å². The Balaban J connectivity index is 1.27. The lowest BCUT2D eigenvalue weighted by molar-refractivity contribution is -0.00571. The first kappa shape index (κ1) is 19.4. The molecule has 0 radical (unpaired) electrons. The first-order valence-electron chi connectivity index (χ1n) is 10.6. The number of nitrogens with zero attached hydrogens (tertiary/aromatic N) is 1. The van der Waals surface area contributed by atoms with Gasteiger partial charge in [0.25, 0.3) is 5.91 Å². The Labute approximate surface area is 181 Å². The molecule has 3 aromatic rings. The molecule has 1 fully saturated rings. The number of para-hydroxylation sites is 2. The second kappa shape index (κ2) is 7.91. The largest absolute Gasteiger partial charge is 0.486 e. The second-order valence-electron chi connectivity index (χ2n) is 8.12. The third-order valence-corrected chi connectivity index (χ3v) is 6.02. The van der Waals surface area contributed by atoms with Crippen molar-refractivity contribution in [3.05, 3.63) is 90.0 Å². The van der Waals surface area contributed by atoms with Crippen LogP contribution in [0.3, 0.4) is 0 Å². The molecule has 0 aliphatic carbocycles. The number of Topliss-reactive ketones (excluding diaryl/α,β-unsaturated/α-hetero) is 1. The summed E-state index contributed by atoms with van der Waals surface area (Å²) in [6, 6.07) is 24.2. The maximum absolute atomic E-state index is 13.1. The highest BCUT2D eigenvalue weighted by molar-refractivity contribution is 6.00. The Morgan fingerprint density at radius 1 is 0.871 bits per heavy atom. The number of ether oxygens (including phenoxy) is 2. The summed E-state index contributed by atoms with van der Waals surface area (Å²) in [4.78, 5) is 27.5. The SMILES string of the molecule is O=C1CC2(CCN(C(=O)c3cccc(Oc4ccccc4)c3)CC2)Oc2ccccc21. The fourth-order valence-electron chi connectivity index (χ4n) is 4.34. The highest BCUT2D eigenvalue weighted by Crippen LogP contribution is 2.39. The Morgan fingerprint density at radius 3 is 2.39 bits per heavy atom. The Morgan fingerprint density at radius 2 is 1.58 bits per heavy atom. The molecule has 0 aromatic heterocycles. The van der Waals surface area contributed by atoms with Gasteiger partial charge in [0, 0.05) is 31.5 Å². The van der Waals surface area contributed by atoms with E-state index in [1.807, 2.05) is 71.6 Å². The van der Waals surface area contributed by atoms with Gasteiger partial charge in [0.2, 0.25) is 0 Å². The second-order valence-corrected chi connectivity index (χ2v) is 8.12. The number of hydrogen-bond acceptors (Lipinski definition) is 4. The normalized spacial score (nSPS) is 17.0. The number of piperidine rings is 1. The molecule has 5 heteroatoms. The smallest absolute Gasteiger partial charge is 0.253 e. The molecule has 2 aliphatic rings. The van der Waals surface area contributed by atoms with Gasteiger partial charge in [-0.1, -0.05) is 36.4 Å². The van der Waals surface area contributed by atoms with Gasteiger partial charge in [0.1, 0.15) is 22.8 Å². The van der Waals surface area contributed by atoms with Crippen LogP contribution in [-0.4, -0.2) is 35.3 Å². The van der Waals surface area contributed by atoms with E-state index in [2.05, 4.69) is 0 Å². The van der Waals surface area contributed by atoms with Crippen molar-refractivity contribution in [3.8, 4) is 17.2 Å². The predicted molar refractivity (Wildman–Crippen MR) is 117 cm³/mol. The van der Waals surface area contributed by atoms with E-state index < -0.39 is 5.60 Å². The van der Waals surface area contributed by atoms with E-state index >= 15 is 0 Å². The lowest BCUT2D eigenvalue weighted by Crippen LogP contribution is -2.52. The molecular formula is C26H23NO4. The molecular weight excluding hydrogens is 390 g/mol. The zero-order valence-electron chi connectivity index (χ0n) is 17.1. The average molecular weight is 413 g/mol. The van der Waals surface area contributed by atoms with Crippen molar-refractivity contribution < 1.29 is 19.1 Å². The minimum atomic E-state index is -0.513. The van der Waals surface area contributed by atoms with Gasteiger partial charge < -0.3 is 14.4 Å². The standard InChI is InChI=1S/C26H23NO4/c28-23-18-26(31-24-12-5-4-11-22(23)24)13-15-27(16-14-26)25(29)19-7-6-10-21(17-19)30-20-8-2-1-3-9-20/h1-12,17H,13-16,18H2. The summed E-state index contributed by atoms with van der Waals surface area (Å²) in [6.45, 7) is 1.11. The van der Waals surface area contributed by atoms with E-state index in [-0.39, 0.29) is 11.7 Å². The molecule has 1 saturated heterocycles. The van der Waals surface area contributed by atoms with Crippen molar-refractivity contribution in [3.63, 3.8) is 0 Å². The number of fused-ring (bicyclic) bond motifs is 1. The number of hydrogen-bond donors (Lipinski definition) is 0. The molecule has 0 unspecified atom stereocenters. The van der Waals surface area contributed by atoms with Gasteiger partial charge in [-0.05, 0) is 42.5 Å². The maximum atomic E-state index is 13.1. The minimum absolute atomic E-state index is 0.0316. The highest BCUT2D eigenvalue weighted by Gasteiger charge is 2.43. The average Bonchev–Trinajstić information content (AvgIpc) is 2.80. The monoisotopic (exact) mass is 413 g/mol. The van der Waals surface area contributed by atoms with Crippen LogP contribution in [0.1, 0.15) is 40.0 Å². The van der Waals surface area contributed by atoms with Crippen LogP contribution in [-0.2, 0) is 0 Å². The van der Waals surface area contributed by atoms with Crippen LogP contribution in [0.15, 0.2) is 78.9 Å². The molecule has 1 amide bonds. The van der Waals surface area contributed by atoms with Crippen LogP contribution in [0.25, 0.3) is 0 Å². The van der Waals surface area contributed by atoms with Gasteiger partial charge in [-0.25, -0.2) is 0 Å². The molecule has 0 bridgehead atoms. The lowest BCUT2D eigenvalue weighted by atomic mass is 9.82. The van der Waals surface area contributed by atoms with Crippen LogP contribution < -0.4 is 9.47 Å². The molecule has 0 N–H and O–H groups in total. The van der Waals surface area contributed by atoms with Crippen molar-refractivity contribution >= 4 is 11.7 Å². The third kappa shape index (κ3) is 3.91. The molecule has 1 spiro atoms. The van der Waals surface area contributed by atoms with E-state index in [0.29, 0.717) is 55.0 Å². The van der Waals surface area contributed by atoms with Crippen molar-refractivity contribution in [2.75, 3.05) is 13.1 Å². The summed E-state index contributed by atoms with van der Waals surface area (Å²) in [5.74, 6) is 2.10. The van der Waals surface area contributed by atoms with E-state index in [4.69, 9.17) is 9.47 Å². The summed E-state index contributed by atoms with van der Waals surface area (Å²) in [5, 5.41) is 0. The number of carbonyl (C=O) groups excluding carboxylic acids is 2. The van der Waals surface area contributed by atoms with Gasteiger partial charge in [0.05, 0.1) is 12.0 Å². The number of amides is 1. The van der Waals surface area contributed by atoms with Crippen LogP contribution >= 0.6 is 0 Å². The highest BCUT2D eigenvalue weighted by atomic mass is 16.5. The summed E-state index contributed by atoms with van der Waals surface area (Å²) in [7, 11) is 0. The minimum Gasteiger partial charge on any atom is -0.486 e. The van der Waals surface area contributed by atoms with Crippen molar-refractivity contribution in [1.29, 1.82) is 0 Å². The Bertz CT molecular complexity index is 1120. The molecule has 0 atom stereocenters. The summed E-state index contributed by atoms with van der Waals surface area (Å²) in [6.07, 6.45) is 1.64. The fraction of sp³-hybridized carbons (Fsp3) is 0.231. The Kier molecular flexibility index (Phi) is 4.94. The van der Waals surface area contributed by atoms with Gasteiger partial charge in [-0.3, -0.25) is 9.59 Å². The zero-order chi connectivity index (χ0) is 21.3. The number of benzene rings is 3. The first-order valence-corrected chi connectivity index (χ1v) is 10.6. The summed E-state index contributed by atoms with van der Waals surface area (Å²) < 4.78 is 12.1. The molecule has 2 aliphatic heterocycles. The van der Waals surface area contributed by atoms with E-state index in [1.54, 1.807) is 12.1 Å². The third-order valence-electron chi connectivity index (χ3n) is 6.02. The van der Waals surface area contributed by atoms with Crippen LogP contribution in [0.2, 0.25) is 0 Å². The van der Waals surface area contributed by atoms with E-state index in [1.165, 1.54) is 0 Å². The van der Waals surface area contributed by atoms with E-state index in [0.717, 1.165) is 5.75 Å². The summed E-state index contributed by atoms with van der Waals surface area (Å²) >= 11 is 0.